The first-order chi connectivity index (χ1) is 9.00. The van der Waals surface area contributed by atoms with E-state index < -0.39 is 40.5 Å². The van der Waals surface area contributed by atoms with E-state index >= 15 is 0 Å². The van der Waals surface area contributed by atoms with Crippen molar-refractivity contribution in [1.29, 1.82) is 0 Å². The molecule has 22 heavy (non-hydrogen) atoms. The summed E-state index contributed by atoms with van der Waals surface area (Å²) in [7, 11) is -20.8. The molecule has 0 aromatic heterocycles. The molecule has 0 radical (unpaired) electrons. The van der Waals surface area contributed by atoms with E-state index in [1.54, 1.807) is 0 Å². The van der Waals surface area contributed by atoms with Crippen LogP contribution in [0.15, 0.2) is 0 Å². The van der Waals surface area contributed by atoms with E-state index in [0.29, 0.717) is 13.8 Å². The van der Waals surface area contributed by atoms with Gasteiger partial charge in [0.1, 0.15) is 0 Å². The normalized spacial score (nSPS) is 15.1. The Hall–Kier alpha value is 0.520. The second-order valence-electron chi connectivity index (χ2n) is 4.12. The second kappa shape index (κ2) is 6.79. The highest BCUT2D eigenvalue weighted by Crippen LogP contribution is 2.67. The van der Waals surface area contributed by atoms with Gasteiger partial charge in [0.25, 0.3) is 10.2 Å². The predicted octanol–water partition coefficient (Wildman–Crippen LogP) is -1.98. The molecule has 0 saturated carbocycles. The van der Waals surface area contributed by atoms with Crippen molar-refractivity contribution in [1.82, 2.24) is 0 Å². The zero-order valence-corrected chi connectivity index (χ0v) is 14.5. The van der Waals surface area contributed by atoms with Crippen molar-refractivity contribution in [3.05, 3.63) is 0 Å². The molecule has 0 amide bonds. The van der Waals surface area contributed by atoms with Crippen molar-refractivity contribution in [3.8, 4) is 0 Å². The van der Waals surface area contributed by atoms with Crippen LogP contribution in [0, 0.1) is 0 Å². The van der Waals surface area contributed by atoms with Gasteiger partial charge >= 0.3 is 30.4 Å². The molecule has 0 heterocycles. The SMILES string of the molecule is CC(O)(P(=O)(O)O)P(=O)(O)O.CC(O)(P(=O)(O)O)P(=O)(O)O. The molecule has 0 aromatic carbocycles. The molecule has 0 spiro atoms. The maximum Gasteiger partial charge on any atom is 0.369 e. The summed E-state index contributed by atoms with van der Waals surface area (Å²) in [5.74, 6) is 0. The van der Waals surface area contributed by atoms with Gasteiger partial charge in [0.2, 0.25) is 0 Å². The van der Waals surface area contributed by atoms with E-state index in [1.165, 1.54) is 0 Å². The highest BCUT2D eigenvalue weighted by Gasteiger charge is 2.55. The summed E-state index contributed by atoms with van der Waals surface area (Å²) in [6.45, 7) is 0.767. The summed E-state index contributed by atoms with van der Waals surface area (Å²) < 4.78 is 41.0. The maximum absolute atomic E-state index is 10.3. The molecule has 0 unspecified atom stereocenters. The van der Waals surface area contributed by atoms with E-state index in [9.17, 15) is 18.3 Å². The Morgan fingerprint density at radius 1 is 0.500 bits per heavy atom. The van der Waals surface area contributed by atoms with Gasteiger partial charge in [0, 0.05) is 0 Å². The van der Waals surface area contributed by atoms with Crippen LogP contribution in [0.1, 0.15) is 13.8 Å². The van der Waals surface area contributed by atoms with Gasteiger partial charge < -0.3 is 49.4 Å². The van der Waals surface area contributed by atoms with E-state index in [4.69, 9.17) is 49.4 Å². The Labute approximate surface area is 123 Å². The first kappa shape index (κ1) is 24.8. The van der Waals surface area contributed by atoms with Crippen LogP contribution in [-0.4, -0.2) is 59.5 Å². The van der Waals surface area contributed by atoms with Crippen molar-refractivity contribution in [2.75, 3.05) is 0 Å². The lowest BCUT2D eigenvalue weighted by Gasteiger charge is -2.24. The second-order valence-corrected chi connectivity index (χ2v) is 12.7. The van der Waals surface area contributed by atoms with Crippen molar-refractivity contribution in [2.24, 2.45) is 0 Å². The summed E-state index contributed by atoms with van der Waals surface area (Å²) in [4.78, 5) is 66.0. The molecule has 14 nitrogen and oxygen atoms in total. The summed E-state index contributed by atoms with van der Waals surface area (Å²) in [6.07, 6.45) is 0. The van der Waals surface area contributed by atoms with Gasteiger partial charge in [0.05, 0.1) is 0 Å². The fourth-order valence-electron chi connectivity index (χ4n) is 0.339. The summed E-state index contributed by atoms with van der Waals surface area (Å²) in [5, 5.41) is 10.7. The Bertz CT molecular complexity index is 466. The lowest BCUT2D eigenvalue weighted by atomic mass is 10.9. The van der Waals surface area contributed by atoms with Gasteiger partial charge in [-0.05, 0) is 13.8 Å². The van der Waals surface area contributed by atoms with Gasteiger partial charge in [-0.3, -0.25) is 18.3 Å². The number of hydrogen-bond donors (Lipinski definition) is 10. The van der Waals surface area contributed by atoms with Crippen LogP contribution < -0.4 is 0 Å². The van der Waals surface area contributed by atoms with Gasteiger partial charge in [-0.2, -0.15) is 0 Å². The third-order valence-corrected chi connectivity index (χ3v) is 9.75. The van der Waals surface area contributed by atoms with E-state index in [2.05, 4.69) is 0 Å². The fourth-order valence-corrected chi connectivity index (χ4v) is 3.05. The zero-order valence-electron chi connectivity index (χ0n) is 10.9. The van der Waals surface area contributed by atoms with Crippen LogP contribution in [-0.2, 0) is 18.3 Å². The minimum atomic E-state index is -5.20. The Kier molecular flexibility index (Phi) is 7.65. The number of aliphatic hydroxyl groups is 2. The smallest absolute Gasteiger partial charge is 0.368 e. The topological polar surface area (TPSA) is 271 Å². The van der Waals surface area contributed by atoms with Gasteiger partial charge in [0.15, 0.2) is 0 Å². The van der Waals surface area contributed by atoms with Crippen molar-refractivity contribution >= 4 is 30.4 Å². The molecule has 18 heteroatoms. The molecule has 0 bridgehead atoms. The molecule has 10 N–H and O–H groups in total. The van der Waals surface area contributed by atoms with Crippen LogP contribution in [0.2, 0.25) is 0 Å². The Balaban J connectivity index is 0. The molecular formula is C4H16O14P4. The van der Waals surface area contributed by atoms with Gasteiger partial charge in [-0.1, -0.05) is 0 Å². The quantitative estimate of drug-likeness (QED) is 0.224. The molecule has 0 rings (SSSR count). The third-order valence-electron chi connectivity index (χ3n) is 2.21. The van der Waals surface area contributed by atoms with E-state index in [-0.39, 0.29) is 0 Å². The standard InChI is InChI=1S/2C2H8O7P2/c2*1-2(3,10(4,5)6)11(7,8)9/h2*3H,1H3,(H2,4,5,6)(H2,7,8,9). The molecule has 0 saturated heterocycles. The fraction of sp³-hybridized carbons (Fsp3) is 1.00. The average Bonchev–Trinajstić information content (AvgIpc) is 2.10. The van der Waals surface area contributed by atoms with Crippen molar-refractivity contribution in [2.45, 2.75) is 24.0 Å². The first-order valence-electron chi connectivity index (χ1n) is 4.67. The summed E-state index contributed by atoms with van der Waals surface area (Å²) in [6, 6.07) is 0. The van der Waals surface area contributed by atoms with Crippen LogP contribution >= 0.6 is 30.4 Å². The molecule has 0 aliphatic rings. The maximum atomic E-state index is 10.3. The third kappa shape index (κ3) is 5.86. The van der Waals surface area contributed by atoms with Crippen LogP contribution in [0.25, 0.3) is 0 Å². The molecule has 0 aromatic rings. The number of hydrogen-bond acceptors (Lipinski definition) is 6. The van der Waals surface area contributed by atoms with Crippen LogP contribution in [0.5, 0.6) is 0 Å². The predicted molar refractivity (Wildman–Crippen MR) is 69.4 cm³/mol. The summed E-state index contributed by atoms with van der Waals surface area (Å²) in [5.41, 5.74) is 0. The Morgan fingerprint density at radius 3 is 0.591 bits per heavy atom. The molecule has 0 aliphatic carbocycles. The van der Waals surface area contributed by atoms with Gasteiger partial charge in [-0.25, -0.2) is 0 Å². The molecule has 0 fully saturated rings. The summed E-state index contributed by atoms with van der Waals surface area (Å²) >= 11 is 0. The molecule has 0 aliphatic heterocycles. The first-order valence-corrected chi connectivity index (χ1v) is 11.1. The van der Waals surface area contributed by atoms with E-state index in [1.807, 2.05) is 0 Å². The lowest BCUT2D eigenvalue weighted by molar-refractivity contribution is 0.145. The lowest BCUT2D eigenvalue weighted by Crippen LogP contribution is -2.23. The molecule has 136 valence electrons. The highest BCUT2D eigenvalue weighted by atomic mass is 31.2. The Morgan fingerprint density at radius 2 is 0.591 bits per heavy atom. The largest absolute Gasteiger partial charge is 0.369 e. The van der Waals surface area contributed by atoms with Crippen LogP contribution in [0.3, 0.4) is 0 Å². The number of rotatable bonds is 4. The minimum absolute atomic E-state index is 0.383. The minimum Gasteiger partial charge on any atom is -0.368 e. The highest BCUT2D eigenvalue weighted by molar-refractivity contribution is 7.72. The van der Waals surface area contributed by atoms with Crippen LogP contribution in [0.4, 0.5) is 0 Å². The van der Waals surface area contributed by atoms with Crippen molar-refractivity contribution in [3.63, 3.8) is 0 Å². The zero-order chi connectivity index (χ0) is 19.0. The molecular weight excluding hydrogens is 396 g/mol. The monoisotopic (exact) mass is 412 g/mol. The van der Waals surface area contributed by atoms with E-state index in [0.717, 1.165) is 0 Å². The van der Waals surface area contributed by atoms with Crippen molar-refractivity contribution < 1.29 is 67.6 Å². The molecule has 0 atom stereocenters. The average molecular weight is 412 g/mol. The van der Waals surface area contributed by atoms with Gasteiger partial charge in [-0.15, -0.1) is 0 Å².